The van der Waals surface area contributed by atoms with E-state index in [0.29, 0.717) is 0 Å². The van der Waals surface area contributed by atoms with Crippen molar-refractivity contribution in [2.45, 2.75) is 13.3 Å². The molecule has 0 aromatic rings. The highest BCUT2D eigenvalue weighted by molar-refractivity contribution is 5.68. The summed E-state index contributed by atoms with van der Waals surface area (Å²) >= 11 is 0. The van der Waals surface area contributed by atoms with Crippen molar-refractivity contribution < 1.29 is 38.3 Å². The van der Waals surface area contributed by atoms with Gasteiger partial charge in [-0.25, -0.2) is 4.79 Å². The lowest BCUT2D eigenvalue weighted by atomic mass is 10.5. The van der Waals surface area contributed by atoms with Crippen molar-refractivity contribution in [2.75, 3.05) is 0 Å². The fraction of sp³-hybridized carbons (Fsp3) is 0.667. The third kappa shape index (κ3) is 5.73. The molecule has 0 saturated carbocycles. The van der Waals surface area contributed by atoms with Crippen molar-refractivity contribution in [3.8, 4) is 0 Å². The number of carbonyl (C=O) groups excluding carboxylic acids is 1. The van der Waals surface area contributed by atoms with Crippen LogP contribution in [-0.4, -0.2) is 5.97 Å². The van der Waals surface area contributed by atoms with Crippen LogP contribution in [0.25, 0.3) is 0 Å². The zero-order chi connectivity index (χ0) is 8.20. The third-order valence-corrected chi connectivity index (χ3v) is 0.708. The summed E-state index contributed by atoms with van der Waals surface area (Å²) < 4.78 is 31.8. The van der Waals surface area contributed by atoms with Gasteiger partial charge in [-0.1, -0.05) is 6.92 Å². The molecule has 6 nitrogen and oxygen atoms in total. The van der Waals surface area contributed by atoms with Crippen molar-refractivity contribution in [1.82, 2.24) is 0 Å². The van der Waals surface area contributed by atoms with E-state index in [4.69, 9.17) is 0 Å². The average Bonchev–Trinajstić information content (AvgIpc) is 1.81. The maximum Gasteiger partial charge on any atom is 0.357 e. The van der Waals surface area contributed by atoms with Gasteiger partial charge in [-0.15, -0.1) is 0 Å². The van der Waals surface area contributed by atoms with Crippen LogP contribution in [0.15, 0.2) is 0 Å². The van der Waals surface area contributed by atoms with E-state index in [2.05, 4.69) is 9.33 Å². The second-order valence-electron chi connectivity index (χ2n) is 1.25. The van der Waals surface area contributed by atoms with Gasteiger partial charge in [-0.2, -0.15) is 18.9 Å². The molecular weight excluding hydrogens is 167 g/mol. The van der Waals surface area contributed by atoms with Crippen LogP contribution in [-0.2, 0) is 14.1 Å². The quantitative estimate of drug-likeness (QED) is 0.327. The van der Waals surface area contributed by atoms with E-state index in [9.17, 15) is 18.8 Å². The Balaban J connectivity index is 3.46. The van der Waals surface area contributed by atoms with Crippen LogP contribution in [0.5, 0.6) is 0 Å². The molecule has 0 aliphatic heterocycles. The van der Waals surface area contributed by atoms with Crippen LogP contribution >= 0.6 is 0 Å². The normalized spacial score (nSPS) is 11.2. The molecule has 10 heavy (non-hydrogen) atoms. The lowest BCUT2D eigenvalue weighted by Gasteiger charge is -2.07. The first-order valence-electron chi connectivity index (χ1n) is 2.25. The van der Waals surface area contributed by atoms with Crippen LogP contribution in [0.1, 0.15) is 13.3 Å². The van der Waals surface area contributed by atoms with E-state index in [1.54, 1.807) is 0 Å². The molecule has 0 aliphatic rings. The van der Waals surface area contributed by atoms with Crippen molar-refractivity contribution in [3.63, 3.8) is 0 Å². The van der Waals surface area contributed by atoms with E-state index < -0.39 is 16.2 Å². The summed E-state index contributed by atoms with van der Waals surface area (Å²) in [5.41, 5.74) is 0. The highest BCUT2D eigenvalue weighted by atomic mass is 35.7. The molecule has 0 heterocycles. The first-order valence-corrected chi connectivity index (χ1v) is 3.49. The molecular formula is C3H5ClO6. The Morgan fingerprint density at radius 3 is 2.30 bits per heavy atom. The van der Waals surface area contributed by atoms with Crippen molar-refractivity contribution >= 4 is 5.97 Å². The van der Waals surface area contributed by atoms with E-state index in [-0.39, 0.29) is 6.42 Å². The fourth-order valence-corrected chi connectivity index (χ4v) is 0.280. The predicted molar refractivity (Wildman–Crippen MR) is 17.5 cm³/mol. The summed E-state index contributed by atoms with van der Waals surface area (Å²) in [5.74, 6) is -0.924. The number of halogens is 1. The standard InChI is InChI=1S/C3H5ClO6/c1-2-3(5)9-10-4(6,7)8/h2H2,1H3. The Morgan fingerprint density at radius 1 is 1.50 bits per heavy atom. The van der Waals surface area contributed by atoms with Gasteiger partial charge in [0.15, 0.2) is 0 Å². The van der Waals surface area contributed by atoms with Crippen LogP contribution in [0, 0.1) is 10.2 Å². The van der Waals surface area contributed by atoms with Crippen LogP contribution in [0.3, 0.4) is 0 Å². The monoisotopic (exact) mass is 172 g/mol. The van der Waals surface area contributed by atoms with Crippen LogP contribution in [0.2, 0.25) is 0 Å². The minimum atomic E-state index is -4.67. The second kappa shape index (κ2) is 3.69. The first kappa shape index (κ1) is 9.60. The Bertz CT molecular complexity index is 117. The summed E-state index contributed by atoms with van der Waals surface area (Å²) in [6.07, 6.45) is -0.0644. The summed E-state index contributed by atoms with van der Waals surface area (Å²) in [6.45, 7) is 1.42. The van der Waals surface area contributed by atoms with Gasteiger partial charge < -0.3 is 0 Å². The highest BCUT2D eigenvalue weighted by Gasteiger charge is 2.22. The third-order valence-electron chi connectivity index (χ3n) is 0.490. The molecule has 0 bridgehead atoms. The predicted octanol–water partition coefficient (Wildman–Crippen LogP) is -3.23. The molecule has 0 N–H and O–H groups in total. The molecule has 60 valence electrons. The molecule has 0 amide bonds. The van der Waals surface area contributed by atoms with E-state index in [0.717, 1.165) is 0 Å². The molecule has 0 aromatic heterocycles. The number of hydrogen-bond donors (Lipinski definition) is 0. The van der Waals surface area contributed by atoms with Gasteiger partial charge in [0.1, 0.15) is 10.2 Å². The minimum absolute atomic E-state index is 0.0644. The van der Waals surface area contributed by atoms with Gasteiger partial charge in [0, 0.05) is 6.42 Å². The molecule has 0 unspecified atom stereocenters. The number of carbonyl (C=O) groups is 1. The SMILES string of the molecule is CCC(=O)OO[Cl+3]([O-])([O-])[O-]. The molecule has 0 aromatic carbocycles. The van der Waals surface area contributed by atoms with Crippen LogP contribution < -0.4 is 14.0 Å². The van der Waals surface area contributed by atoms with Gasteiger partial charge in [0.05, 0.1) is 0 Å². The Labute approximate surface area is 58.6 Å². The number of hydrogen-bond acceptors (Lipinski definition) is 6. The summed E-state index contributed by atoms with van der Waals surface area (Å²) in [7, 11) is -4.67. The van der Waals surface area contributed by atoms with Crippen LogP contribution in [0.4, 0.5) is 0 Å². The van der Waals surface area contributed by atoms with Crippen molar-refractivity contribution in [1.29, 1.82) is 0 Å². The maximum atomic E-state index is 10.1. The average molecular weight is 173 g/mol. The van der Waals surface area contributed by atoms with Gasteiger partial charge in [-0.05, 0) is 0 Å². The van der Waals surface area contributed by atoms with E-state index in [1.807, 2.05) is 0 Å². The molecule has 0 fully saturated rings. The first-order chi connectivity index (χ1) is 4.45. The largest absolute Gasteiger partial charge is 0.357 e. The van der Waals surface area contributed by atoms with Crippen molar-refractivity contribution in [3.05, 3.63) is 0 Å². The van der Waals surface area contributed by atoms with Gasteiger partial charge in [-0.3, -0.25) is 0 Å². The smallest absolute Gasteiger partial charge is 0.248 e. The summed E-state index contributed by atoms with van der Waals surface area (Å²) in [6, 6.07) is 0. The molecule has 0 saturated heterocycles. The zero-order valence-corrected chi connectivity index (χ0v) is 5.79. The zero-order valence-electron chi connectivity index (χ0n) is 5.03. The molecule has 0 rings (SSSR count). The minimum Gasteiger partial charge on any atom is -0.248 e. The molecule has 7 heteroatoms. The Kier molecular flexibility index (Phi) is 3.54. The second-order valence-corrected chi connectivity index (χ2v) is 2.13. The Morgan fingerprint density at radius 2 is 2.00 bits per heavy atom. The Hall–Kier alpha value is -0.400. The highest BCUT2D eigenvalue weighted by Crippen LogP contribution is 1.92. The van der Waals surface area contributed by atoms with Crippen molar-refractivity contribution in [2.24, 2.45) is 0 Å². The summed E-state index contributed by atoms with van der Waals surface area (Å²) in [5, 5.41) is 0. The fourth-order valence-electron chi connectivity index (χ4n) is 0.133. The van der Waals surface area contributed by atoms with Gasteiger partial charge >= 0.3 is 10.4 Å². The van der Waals surface area contributed by atoms with E-state index in [1.165, 1.54) is 6.92 Å². The summed E-state index contributed by atoms with van der Waals surface area (Å²) in [4.78, 5) is 13.6. The van der Waals surface area contributed by atoms with Gasteiger partial charge in [0.25, 0.3) is 0 Å². The molecule has 0 aliphatic carbocycles. The van der Waals surface area contributed by atoms with Gasteiger partial charge in [0.2, 0.25) is 0 Å². The lowest BCUT2D eigenvalue weighted by molar-refractivity contribution is -1.93. The maximum absolute atomic E-state index is 10.1. The topological polar surface area (TPSA) is 105 Å². The lowest BCUT2D eigenvalue weighted by Crippen LogP contribution is -2.61. The number of rotatable bonds is 3. The van der Waals surface area contributed by atoms with E-state index >= 15 is 0 Å². The molecule has 0 radical (unpaired) electrons. The molecule has 0 spiro atoms. The molecule has 0 atom stereocenters.